The highest BCUT2D eigenvalue weighted by Gasteiger charge is 1.98. The molecule has 0 N–H and O–H groups in total. The predicted octanol–water partition coefficient (Wildman–Crippen LogP) is 4.48. The van der Waals surface area contributed by atoms with Gasteiger partial charge < -0.3 is 4.57 Å². The fraction of sp³-hybridized carbons (Fsp3) is 0.143. The van der Waals surface area contributed by atoms with Crippen LogP contribution in [0.2, 0.25) is 0 Å². The maximum atomic E-state index is 3.13. The molecule has 0 saturated heterocycles. The Balaban J connectivity index is 1.51. The average molecular weight is 283 g/mol. The van der Waals surface area contributed by atoms with E-state index in [2.05, 4.69) is 64.8 Å². The number of hydrogen-bond acceptors (Lipinski definition) is 0. The van der Waals surface area contributed by atoms with Gasteiger partial charge in [0.05, 0.1) is 0 Å². The first kappa shape index (κ1) is 14.1. The van der Waals surface area contributed by atoms with Crippen LogP contribution in [-0.4, -0.2) is 4.57 Å². The smallest absolute Gasteiger partial charge is 0.0480 e. The predicted molar refractivity (Wildman–Crippen MR) is 92.3 cm³/mol. The molecular weight excluding hydrogens is 266 g/mol. The molecule has 3 rings (SSSR count). The Kier molecular flexibility index (Phi) is 4.60. The van der Waals surface area contributed by atoms with Crippen LogP contribution in [0.5, 0.6) is 0 Å². The van der Waals surface area contributed by atoms with Gasteiger partial charge in [-0.1, -0.05) is 48.2 Å². The molecule has 0 amide bonds. The van der Waals surface area contributed by atoms with Crippen molar-refractivity contribution in [3.63, 3.8) is 0 Å². The van der Waals surface area contributed by atoms with E-state index in [0.29, 0.717) is 0 Å². The molecule has 1 heteroatoms. The molecule has 22 heavy (non-hydrogen) atoms. The molecule has 1 heterocycles. The molecule has 0 spiro atoms. The second-order valence-corrected chi connectivity index (χ2v) is 5.09. The Morgan fingerprint density at radius 2 is 1.64 bits per heavy atom. The number of unbranched alkanes of at least 4 members (excludes halogenated alkanes) is 1. The van der Waals surface area contributed by atoms with Crippen LogP contribution < -0.4 is 0 Å². The van der Waals surface area contributed by atoms with Gasteiger partial charge in [-0.2, -0.15) is 0 Å². The van der Waals surface area contributed by atoms with Gasteiger partial charge >= 0.3 is 0 Å². The summed E-state index contributed by atoms with van der Waals surface area (Å²) in [5.41, 5.74) is 2.30. The zero-order chi connectivity index (χ0) is 15.0. The minimum Gasteiger partial charge on any atom is -0.347 e. The number of hydrogen-bond donors (Lipinski definition) is 0. The van der Waals surface area contributed by atoms with E-state index in [1.54, 1.807) is 0 Å². The number of aryl methyl sites for hydroxylation is 1. The van der Waals surface area contributed by atoms with Crippen molar-refractivity contribution in [2.45, 2.75) is 19.4 Å². The van der Waals surface area contributed by atoms with Crippen LogP contribution in [-0.2, 0) is 6.54 Å². The van der Waals surface area contributed by atoms with E-state index < -0.39 is 0 Å². The summed E-state index contributed by atoms with van der Waals surface area (Å²) in [6.07, 6.45) is 4.06. The summed E-state index contributed by atoms with van der Waals surface area (Å²) in [4.78, 5) is 0. The third kappa shape index (κ3) is 3.60. The first-order valence-electron chi connectivity index (χ1n) is 7.51. The quantitative estimate of drug-likeness (QED) is 0.493. The third-order valence-electron chi connectivity index (χ3n) is 3.51. The van der Waals surface area contributed by atoms with E-state index in [0.717, 1.165) is 24.9 Å². The normalized spacial score (nSPS) is 9.64. The van der Waals surface area contributed by atoms with Gasteiger partial charge in [0.1, 0.15) is 0 Å². The van der Waals surface area contributed by atoms with Gasteiger partial charge in [-0.3, -0.25) is 0 Å². The monoisotopic (exact) mass is 283 g/mol. The van der Waals surface area contributed by atoms with E-state index in [9.17, 15) is 0 Å². The minimum absolute atomic E-state index is 0.871. The SMILES string of the molecule is C(C#Cc1ccccc1)#CCCCn1ccc2ccccc21. The first-order valence-corrected chi connectivity index (χ1v) is 7.51. The topological polar surface area (TPSA) is 4.93 Å². The zero-order valence-electron chi connectivity index (χ0n) is 12.4. The summed E-state index contributed by atoms with van der Waals surface area (Å²) in [5, 5.41) is 1.29. The number of rotatable bonds is 3. The molecule has 0 unspecified atom stereocenters. The number of nitrogens with zero attached hydrogens (tertiary/aromatic N) is 1. The second-order valence-electron chi connectivity index (χ2n) is 5.09. The van der Waals surface area contributed by atoms with Crippen LogP contribution in [0.4, 0.5) is 0 Å². The van der Waals surface area contributed by atoms with Crippen molar-refractivity contribution in [2.24, 2.45) is 0 Å². The number of para-hydroxylation sites is 1. The van der Waals surface area contributed by atoms with Crippen LogP contribution in [0.25, 0.3) is 10.9 Å². The standard InChI is InChI=1S/C21H17N/c1(2-5-11-19-12-6-4-7-13-19)3-10-17-22-18-16-20-14-8-9-15-21(20)22/h4,6-9,12-16,18H,3,10,17H2. The Bertz CT molecular complexity index is 864. The lowest BCUT2D eigenvalue weighted by molar-refractivity contribution is 0.677. The Morgan fingerprint density at radius 3 is 2.55 bits per heavy atom. The van der Waals surface area contributed by atoms with Gasteiger partial charge in [-0.15, -0.1) is 0 Å². The molecule has 0 aliphatic carbocycles. The molecule has 0 atom stereocenters. The maximum absolute atomic E-state index is 3.13. The highest BCUT2D eigenvalue weighted by molar-refractivity contribution is 5.79. The Labute approximate surface area is 131 Å². The van der Waals surface area contributed by atoms with Gasteiger partial charge in [0.15, 0.2) is 0 Å². The van der Waals surface area contributed by atoms with Crippen molar-refractivity contribution in [1.82, 2.24) is 4.57 Å². The lowest BCUT2D eigenvalue weighted by atomic mass is 10.2. The summed E-state index contributed by atoms with van der Waals surface area (Å²) >= 11 is 0. The lowest BCUT2D eigenvalue weighted by Crippen LogP contribution is -1.94. The van der Waals surface area contributed by atoms with Crippen LogP contribution >= 0.6 is 0 Å². The molecular formula is C21H17N. The third-order valence-corrected chi connectivity index (χ3v) is 3.51. The minimum atomic E-state index is 0.871. The highest BCUT2D eigenvalue weighted by Crippen LogP contribution is 2.15. The van der Waals surface area contributed by atoms with Crippen molar-refractivity contribution in [3.8, 4) is 23.7 Å². The molecule has 0 aliphatic rings. The number of aromatic nitrogens is 1. The van der Waals surface area contributed by atoms with Crippen molar-refractivity contribution >= 4 is 10.9 Å². The van der Waals surface area contributed by atoms with Crippen molar-refractivity contribution in [1.29, 1.82) is 0 Å². The summed E-state index contributed by atoms with van der Waals surface area (Å²) in [6.45, 7) is 0.994. The van der Waals surface area contributed by atoms with E-state index in [-0.39, 0.29) is 0 Å². The molecule has 1 aromatic heterocycles. The van der Waals surface area contributed by atoms with Gasteiger partial charge in [-0.05, 0) is 47.9 Å². The molecule has 3 aromatic rings. The van der Waals surface area contributed by atoms with Gasteiger partial charge in [0, 0.05) is 30.2 Å². The van der Waals surface area contributed by atoms with Crippen LogP contribution in [0.3, 0.4) is 0 Å². The summed E-state index contributed by atoms with van der Waals surface area (Å²) in [5.74, 6) is 12.0. The zero-order valence-corrected chi connectivity index (χ0v) is 12.4. The van der Waals surface area contributed by atoms with Crippen LogP contribution in [0.1, 0.15) is 18.4 Å². The van der Waals surface area contributed by atoms with E-state index >= 15 is 0 Å². The molecule has 0 radical (unpaired) electrons. The number of benzene rings is 2. The first-order chi connectivity index (χ1) is 10.9. The lowest BCUT2D eigenvalue weighted by Gasteiger charge is -2.02. The van der Waals surface area contributed by atoms with Gasteiger partial charge in [-0.25, -0.2) is 0 Å². The van der Waals surface area contributed by atoms with E-state index in [1.165, 1.54) is 10.9 Å². The van der Waals surface area contributed by atoms with Crippen molar-refractivity contribution < 1.29 is 0 Å². The summed E-state index contributed by atoms with van der Waals surface area (Å²) in [6, 6.07) is 20.6. The van der Waals surface area contributed by atoms with Gasteiger partial charge in [0.2, 0.25) is 0 Å². The van der Waals surface area contributed by atoms with Gasteiger partial charge in [0.25, 0.3) is 0 Å². The molecule has 0 aliphatic heterocycles. The van der Waals surface area contributed by atoms with Crippen molar-refractivity contribution in [3.05, 3.63) is 72.4 Å². The Hall–Kier alpha value is -2.90. The molecule has 0 saturated carbocycles. The summed E-state index contributed by atoms with van der Waals surface area (Å²) in [7, 11) is 0. The average Bonchev–Trinajstić information content (AvgIpc) is 2.98. The Morgan fingerprint density at radius 1 is 0.818 bits per heavy atom. The maximum Gasteiger partial charge on any atom is 0.0480 e. The second kappa shape index (κ2) is 7.21. The fourth-order valence-corrected chi connectivity index (χ4v) is 2.40. The molecule has 0 fully saturated rings. The summed E-state index contributed by atoms with van der Waals surface area (Å²) < 4.78 is 2.28. The fourth-order valence-electron chi connectivity index (χ4n) is 2.40. The molecule has 1 nitrogen and oxygen atoms in total. The van der Waals surface area contributed by atoms with Crippen LogP contribution in [0, 0.1) is 23.7 Å². The largest absolute Gasteiger partial charge is 0.347 e. The number of fused-ring (bicyclic) bond motifs is 1. The molecule has 0 bridgehead atoms. The van der Waals surface area contributed by atoms with Crippen molar-refractivity contribution in [2.75, 3.05) is 0 Å². The van der Waals surface area contributed by atoms with E-state index in [1.807, 2.05) is 30.3 Å². The molecule has 2 aromatic carbocycles. The highest BCUT2D eigenvalue weighted by atomic mass is 14.9. The molecule has 106 valence electrons. The van der Waals surface area contributed by atoms with Crippen LogP contribution in [0.15, 0.2) is 66.9 Å². The van der Waals surface area contributed by atoms with E-state index in [4.69, 9.17) is 0 Å².